The maximum absolute atomic E-state index is 9.04. The predicted molar refractivity (Wildman–Crippen MR) is 76.9 cm³/mol. The van der Waals surface area contributed by atoms with Crippen LogP contribution in [-0.4, -0.2) is 14.7 Å². The van der Waals surface area contributed by atoms with Crippen molar-refractivity contribution in [1.82, 2.24) is 0 Å². The first kappa shape index (κ1) is 14.1. The van der Waals surface area contributed by atoms with Gasteiger partial charge in [0, 0.05) is 11.8 Å². The smallest absolute Gasteiger partial charge is 0.137 e. The van der Waals surface area contributed by atoms with Gasteiger partial charge in [-0.1, -0.05) is 42.5 Å². The lowest BCUT2D eigenvalue weighted by Crippen LogP contribution is -1.96. The highest BCUT2D eigenvalue weighted by Crippen LogP contribution is 2.29. The van der Waals surface area contributed by atoms with E-state index in [0.717, 1.165) is 17.4 Å². The van der Waals surface area contributed by atoms with Crippen molar-refractivity contribution in [2.45, 2.75) is 0 Å². The molecule has 2 aromatic carbocycles. The van der Waals surface area contributed by atoms with E-state index in [1.165, 1.54) is 0 Å². The van der Waals surface area contributed by atoms with E-state index in [1.54, 1.807) is 0 Å². The molecule has 0 aliphatic rings. The SMILES string of the molecule is C[SH](=O)=O.Nc1cccc(-c2ccccc2)c1N. The number of nitrogen functional groups attached to an aromatic ring is 2. The van der Waals surface area contributed by atoms with Crippen molar-refractivity contribution in [2.75, 3.05) is 17.7 Å². The number of thiol groups is 1. The molecule has 0 spiro atoms. The second kappa shape index (κ2) is 6.66. The number of rotatable bonds is 1. The summed E-state index contributed by atoms with van der Waals surface area (Å²) in [5.41, 5.74) is 15.0. The Morgan fingerprint density at radius 3 is 2.00 bits per heavy atom. The Kier molecular flexibility index (Phi) is 5.20. The first-order valence-electron chi connectivity index (χ1n) is 5.29. The van der Waals surface area contributed by atoms with Crippen LogP contribution in [0.4, 0.5) is 11.4 Å². The highest BCUT2D eigenvalue weighted by atomic mass is 32.2. The normalized spacial score (nSPS) is 9.67. The minimum absolute atomic E-state index is 0.631. The maximum atomic E-state index is 9.04. The maximum Gasteiger partial charge on any atom is 0.137 e. The Morgan fingerprint density at radius 2 is 1.44 bits per heavy atom. The quantitative estimate of drug-likeness (QED) is 0.541. The number of anilines is 2. The lowest BCUT2D eigenvalue weighted by atomic mass is 10.0. The molecule has 4 nitrogen and oxygen atoms in total. The number of benzene rings is 2. The van der Waals surface area contributed by atoms with E-state index in [-0.39, 0.29) is 0 Å². The summed E-state index contributed by atoms with van der Waals surface area (Å²) in [6, 6.07) is 15.7. The molecule has 0 aromatic heterocycles. The van der Waals surface area contributed by atoms with Gasteiger partial charge in [-0.3, -0.25) is 0 Å². The summed E-state index contributed by atoms with van der Waals surface area (Å²) in [4.78, 5) is 0. The average Bonchev–Trinajstić information content (AvgIpc) is 2.33. The molecule has 0 saturated heterocycles. The molecule has 0 bridgehead atoms. The molecule has 0 aliphatic carbocycles. The zero-order valence-electron chi connectivity index (χ0n) is 10.0. The molecule has 4 N–H and O–H groups in total. The Bertz CT molecular complexity index is 573. The van der Waals surface area contributed by atoms with Gasteiger partial charge in [-0.15, -0.1) is 0 Å². The standard InChI is InChI=1S/C12H12N2.CH4O2S/c13-11-8-4-7-10(12(11)14)9-5-2-1-3-6-9;1-4(2)3/h1-8H,13-14H2;4H,1H3. The van der Waals surface area contributed by atoms with Crippen LogP contribution in [-0.2, 0) is 10.7 Å². The molecular formula is C13H16N2O2S. The van der Waals surface area contributed by atoms with Crippen molar-refractivity contribution in [3.05, 3.63) is 48.5 Å². The summed E-state index contributed by atoms with van der Waals surface area (Å²) in [6.45, 7) is 0. The Labute approximate surface area is 108 Å². The minimum Gasteiger partial charge on any atom is -0.397 e. The zero-order chi connectivity index (χ0) is 13.5. The summed E-state index contributed by atoms with van der Waals surface area (Å²) in [5.74, 6) is 0. The lowest BCUT2D eigenvalue weighted by molar-refractivity contribution is 0.619. The van der Waals surface area contributed by atoms with Gasteiger partial charge in [-0.25, -0.2) is 8.42 Å². The van der Waals surface area contributed by atoms with Gasteiger partial charge in [0.2, 0.25) is 0 Å². The Balaban J connectivity index is 0.000000357. The van der Waals surface area contributed by atoms with Crippen LogP contribution in [0.15, 0.2) is 48.5 Å². The summed E-state index contributed by atoms with van der Waals surface area (Å²) >= 11 is 0. The third-order valence-electron chi connectivity index (χ3n) is 2.22. The van der Waals surface area contributed by atoms with Crippen LogP contribution in [0.3, 0.4) is 0 Å². The third-order valence-corrected chi connectivity index (χ3v) is 2.22. The zero-order valence-corrected chi connectivity index (χ0v) is 10.9. The molecule has 96 valence electrons. The molecule has 0 unspecified atom stereocenters. The van der Waals surface area contributed by atoms with Crippen molar-refractivity contribution in [1.29, 1.82) is 0 Å². The van der Waals surface area contributed by atoms with Crippen molar-refractivity contribution in [3.63, 3.8) is 0 Å². The van der Waals surface area contributed by atoms with Gasteiger partial charge < -0.3 is 11.5 Å². The van der Waals surface area contributed by atoms with Crippen molar-refractivity contribution < 1.29 is 8.42 Å². The molecule has 2 rings (SSSR count). The molecule has 0 atom stereocenters. The van der Waals surface area contributed by atoms with E-state index in [4.69, 9.17) is 19.9 Å². The molecule has 0 aliphatic heterocycles. The van der Waals surface area contributed by atoms with Crippen LogP contribution in [0.2, 0.25) is 0 Å². The summed E-state index contributed by atoms with van der Waals surface area (Å²) in [6.07, 6.45) is 1.12. The van der Waals surface area contributed by atoms with Gasteiger partial charge >= 0.3 is 0 Å². The average molecular weight is 264 g/mol. The van der Waals surface area contributed by atoms with Gasteiger partial charge in [0.05, 0.1) is 11.4 Å². The lowest BCUT2D eigenvalue weighted by Gasteiger charge is -2.07. The van der Waals surface area contributed by atoms with E-state index in [2.05, 4.69) is 0 Å². The third kappa shape index (κ3) is 4.10. The number of nitrogens with two attached hydrogens (primary N) is 2. The van der Waals surface area contributed by atoms with Crippen LogP contribution in [0, 0.1) is 0 Å². The van der Waals surface area contributed by atoms with Gasteiger partial charge in [0.15, 0.2) is 0 Å². The topological polar surface area (TPSA) is 86.2 Å². The van der Waals surface area contributed by atoms with Gasteiger partial charge in [0.25, 0.3) is 0 Å². The Hall–Kier alpha value is -2.01. The summed E-state index contributed by atoms with van der Waals surface area (Å²) in [7, 11) is -2.12. The monoisotopic (exact) mass is 264 g/mol. The minimum atomic E-state index is -2.12. The number of hydrogen-bond donors (Lipinski definition) is 3. The van der Waals surface area contributed by atoms with Crippen LogP contribution < -0.4 is 11.5 Å². The first-order chi connectivity index (χ1) is 8.52. The van der Waals surface area contributed by atoms with Gasteiger partial charge in [-0.05, 0) is 11.6 Å². The molecule has 0 saturated carbocycles. The molecule has 0 fully saturated rings. The molecule has 0 amide bonds. The van der Waals surface area contributed by atoms with E-state index in [9.17, 15) is 0 Å². The highest BCUT2D eigenvalue weighted by molar-refractivity contribution is 7.71. The summed E-state index contributed by atoms with van der Waals surface area (Å²) in [5, 5.41) is 0. The van der Waals surface area contributed by atoms with E-state index >= 15 is 0 Å². The fourth-order valence-electron chi connectivity index (χ4n) is 1.45. The molecule has 18 heavy (non-hydrogen) atoms. The fourth-order valence-corrected chi connectivity index (χ4v) is 1.45. The molecule has 2 aromatic rings. The van der Waals surface area contributed by atoms with Crippen LogP contribution in [0.1, 0.15) is 0 Å². The summed E-state index contributed by atoms with van der Waals surface area (Å²) < 4.78 is 18.1. The largest absolute Gasteiger partial charge is 0.397 e. The highest BCUT2D eigenvalue weighted by Gasteiger charge is 2.03. The number of hydrogen-bond acceptors (Lipinski definition) is 4. The van der Waals surface area contributed by atoms with Crippen molar-refractivity contribution in [2.24, 2.45) is 0 Å². The number of para-hydroxylation sites is 1. The van der Waals surface area contributed by atoms with Crippen LogP contribution >= 0.6 is 0 Å². The molecule has 0 radical (unpaired) electrons. The predicted octanol–water partition coefficient (Wildman–Crippen LogP) is 1.75. The van der Waals surface area contributed by atoms with Crippen LogP contribution in [0.25, 0.3) is 11.1 Å². The molecular weight excluding hydrogens is 248 g/mol. The van der Waals surface area contributed by atoms with Gasteiger partial charge in [-0.2, -0.15) is 0 Å². The van der Waals surface area contributed by atoms with Crippen molar-refractivity contribution >= 4 is 22.1 Å². The van der Waals surface area contributed by atoms with Crippen LogP contribution in [0.5, 0.6) is 0 Å². The second-order valence-corrected chi connectivity index (χ2v) is 4.49. The van der Waals surface area contributed by atoms with E-state index in [1.807, 2.05) is 48.5 Å². The second-order valence-electron chi connectivity index (χ2n) is 3.61. The Morgan fingerprint density at radius 1 is 0.889 bits per heavy atom. The van der Waals surface area contributed by atoms with Crippen molar-refractivity contribution in [3.8, 4) is 11.1 Å². The molecule has 5 heteroatoms. The fraction of sp³-hybridized carbons (Fsp3) is 0.0769. The molecule has 0 heterocycles. The van der Waals surface area contributed by atoms with E-state index in [0.29, 0.717) is 11.4 Å². The van der Waals surface area contributed by atoms with Gasteiger partial charge in [0.1, 0.15) is 10.7 Å². The first-order valence-corrected chi connectivity index (χ1v) is 6.92. The van der Waals surface area contributed by atoms with E-state index < -0.39 is 10.7 Å².